The third-order valence-electron chi connectivity index (χ3n) is 6.58. The highest BCUT2D eigenvalue weighted by molar-refractivity contribution is 7.13. The Kier molecular flexibility index (Phi) is 6.34. The summed E-state index contributed by atoms with van der Waals surface area (Å²) in [7, 11) is 1.83. The molecule has 0 atom stereocenters. The molecule has 3 N–H and O–H groups in total. The Bertz CT molecular complexity index is 1850. The molecule has 0 bridgehead atoms. The zero-order chi connectivity index (χ0) is 28.0. The van der Waals surface area contributed by atoms with E-state index in [9.17, 15) is 19.5 Å². The van der Waals surface area contributed by atoms with Gasteiger partial charge in [0.2, 0.25) is 5.43 Å². The van der Waals surface area contributed by atoms with Crippen molar-refractivity contribution in [2.24, 2.45) is 7.05 Å². The molecule has 1 fully saturated rings. The van der Waals surface area contributed by atoms with Gasteiger partial charge in [-0.2, -0.15) is 5.10 Å². The van der Waals surface area contributed by atoms with E-state index >= 15 is 0 Å². The molecule has 0 saturated heterocycles. The van der Waals surface area contributed by atoms with Crippen molar-refractivity contribution in [3.05, 3.63) is 64.3 Å². The van der Waals surface area contributed by atoms with Gasteiger partial charge in [-0.05, 0) is 31.9 Å². The molecule has 5 heterocycles. The number of urea groups is 1. The summed E-state index contributed by atoms with van der Waals surface area (Å²) in [6, 6.07) is 3.07. The Morgan fingerprint density at radius 3 is 2.62 bits per heavy atom. The van der Waals surface area contributed by atoms with Gasteiger partial charge in [0.15, 0.2) is 0 Å². The van der Waals surface area contributed by atoms with Crippen molar-refractivity contribution in [3.8, 4) is 33.1 Å². The average Bonchev–Trinajstić information content (AvgIpc) is 3.49. The number of nitrogens with zero attached hydrogens (tertiary/aromatic N) is 6. The third kappa shape index (κ3) is 4.71. The first kappa shape index (κ1) is 25.4. The van der Waals surface area contributed by atoms with E-state index in [0.717, 1.165) is 24.1 Å². The minimum Gasteiger partial charge on any atom is -0.477 e. The van der Waals surface area contributed by atoms with Gasteiger partial charge in [-0.1, -0.05) is 0 Å². The van der Waals surface area contributed by atoms with Crippen LogP contribution in [0, 0.1) is 0 Å². The maximum Gasteiger partial charge on any atom is 0.341 e. The monoisotopic (exact) mass is 556 g/mol. The molecule has 5 aromatic heterocycles. The van der Waals surface area contributed by atoms with E-state index in [1.807, 2.05) is 30.1 Å². The molecule has 1 aliphatic carbocycles. The number of aromatic nitrogens is 6. The first-order chi connectivity index (χ1) is 19.3. The summed E-state index contributed by atoms with van der Waals surface area (Å²) >= 11 is 1.41. The average molecular weight is 557 g/mol. The van der Waals surface area contributed by atoms with Crippen molar-refractivity contribution >= 4 is 40.1 Å². The highest BCUT2D eigenvalue weighted by atomic mass is 32.1. The van der Waals surface area contributed by atoms with Crippen molar-refractivity contribution in [1.82, 2.24) is 34.6 Å². The number of pyridine rings is 3. The fourth-order valence-electron chi connectivity index (χ4n) is 4.51. The number of carbonyl (C=O) groups is 2. The zero-order valence-electron chi connectivity index (χ0n) is 21.6. The first-order valence-corrected chi connectivity index (χ1v) is 13.5. The number of carboxylic acid groups (broad SMARTS) is 1. The highest BCUT2D eigenvalue weighted by Crippen LogP contribution is 2.39. The number of carboxylic acids is 1. The second kappa shape index (κ2) is 10.0. The van der Waals surface area contributed by atoms with Crippen LogP contribution in [0.1, 0.15) is 36.2 Å². The van der Waals surface area contributed by atoms with Gasteiger partial charge in [-0.3, -0.25) is 19.8 Å². The number of nitrogens with one attached hydrogen (secondary N) is 2. The van der Waals surface area contributed by atoms with Crippen LogP contribution in [-0.4, -0.2) is 53.0 Å². The molecule has 2 amide bonds. The number of rotatable bonds is 7. The maximum absolute atomic E-state index is 13.2. The van der Waals surface area contributed by atoms with E-state index in [1.54, 1.807) is 35.4 Å². The van der Waals surface area contributed by atoms with E-state index in [4.69, 9.17) is 4.98 Å². The molecule has 12 nitrogen and oxygen atoms in total. The lowest BCUT2D eigenvalue weighted by molar-refractivity contribution is 0.0694. The molecule has 40 heavy (non-hydrogen) atoms. The van der Waals surface area contributed by atoms with E-state index < -0.39 is 17.4 Å². The van der Waals surface area contributed by atoms with Crippen LogP contribution in [0.15, 0.2) is 53.3 Å². The summed E-state index contributed by atoms with van der Waals surface area (Å²) < 4.78 is 3.52. The summed E-state index contributed by atoms with van der Waals surface area (Å²) in [6.45, 7) is 2.27. The minimum atomic E-state index is -1.27. The van der Waals surface area contributed by atoms with Crippen molar-refractivity contribution in [2.45, 2.75) is 25.8 Å². The number of thiazole rings is 1. The predicted molar refractivity (Wildman–Crippen MR) is 150 cm³/mol. The Hall–Kier alpha value is -4.91. The summed E-state index contributed by atoms with van der Waals surface area (Å²) in [5.74, 6) is -0.957. The topological polar surface area (TPSA) is 157 Å². The van der Waals surface area contributed by atoms with E-state index in [1.165, 1.54) is 17.5 Å². The molecule has 202 valence electrons. The Morgan fingerprint density at radius 1 is 1.10 bits per heavy atom. The van der Waals surface area contributed by atoms with Gasteiger partial charge < -0.3 is 15.0 Å². The molecule has 13 heteroatoms. The number of hydrogen-bond donors (Lipinski definition) is 3. The van der Waals surface area contributed by atoms with Gasteiger partial charge in [0.1, 0.15) is 16.4 Å². The molecule has 0 aliphatic heterocycles. The number of anilines is 1. The van der Waals surface area contributed by atoms with Gasteiger partial charge in [-0.25, -0.2) is 19.6 Å². The van der Waals surface area contributed by atoms with Crippen LogP contribution < -0.4 is 16.1 Å². The lowest BCUT2D eigenvalue weighted by Crippen LogP contribution is -2.28. The number of carbonyl (C=O) groups excluding carboxylic acids is 1. The van der Waals surface area contributed by atoms with Crippen LogP contribution in [-0.2, 0) is 7.05 Å². The molecule has 5 aromatic rings. The normalized spacial score (nSPS) is 12.9. The van der Waals surface area contributed by atoms with E-state index in [-0.39, 0.29) is 17.0 Å². The van der Waals surface area contributed by atoms with Gasteiger partial charge in [0.25, 0.3) is 0 Å². The summed E-state index contributed by atoms with van der Waals surface area (Å²) in [5.41, 5.74) is 2.97. The van der Waals surface area contributed by atoms with Crippen LogP contribution in [0.2, 0.25) is 0 Å². The molecule has 0 radical (unpaired) electrons. The van der Waals surface area contributed by atoms with Crippen molar-refractivity contribution in [1.29, 1.82) is 0 Å². The third-order valence-corrected chi connectivity index (χ3v) is 7.46. The van der Waals surface area contributed by atoms with Crippen LogP contribution in [0.5, 0.6) is 0 Å². The number of aryl methyl sites for hydroxylation is 1. The van der Waals surface area contributed by atoms with E-state index in [2.05, 4.69) is 25.7 Å². The quantitative estimate of drug-likeness (QED) is 0.270. The number of hydrogen-bond acceptors (Lipinski definition) is 8. The van der Waals surface area contributed by atoms with Crippen LogP contribution >= 0.6 is 11.3 Å². The molecule has 6 rings (SSSR count). The lowest BCUT2D eigenvalue weighted by atomic mass is 10.0. The summed E-state index contributed by atoms with van der Waals surface area (Å²) in [5, 5.41) is 22.1. The number of aromatic carboxylic acids is 1. The van der Waals surface area contributed by atoms with Crippen LogP contribution in [0.4, 0.5) is 10.6 Å². The largest absolute Gasteiger partial charge is 0.477 e. The number of amides is 2. The second-order valence-electron chi connectivity index (χ2n) is 9.44. The SMILES string of the molecule is CCNC(=O)Nc1cc(-c2nc(-c3cnn(C)c3)cs2)c(-c2cc3c(=O)c(C(=O)O)cn(C4CC4)c3cn2)cn1. The molecular weight excluding hydrogens is 532 g/mol. The molecule has 0 unspecified atom stereocenters. The Morgan fingerprint density at radius 2 is 1.93 bits per heavy atom. The fourth-order valence-corrected chi connectivity index (χ4v) is 5.37. The van der Waals surface area contributed by atoms with Crippen molar-refractivity contribution in [2.75, 3.05) is 11.9 Å². The maximum atomic E-state index is 13.2. The molecule has 1 saturated carbocycles. The second-order valence-corrected chi connectivity index (χ2v) is 10.3. The first-order valence-electron chi connectivity index (χ1n) is 12.6. The molecule has 1 aliphatic rings. The van der Waals surface area contributed by atoms with Gasteiger partial charge in [-0.15, -0.1) is 11.3 Å². The standard InChI is InChI=1S/C27H24N8O4S/c1-3-28-27(39)33-23-7-16(25-32-21(13-40-25)14-8-31-34(2)11-14)18(9-30-23)20-6-17-22(10-29-20)35(15-4-5-15)12-19(24(17)36)26(37)38/h6-13,15H,3-5H2,1-2H3,(H,37,38)(H2,28,30,33,39). The Labute approximate surface area is 231 Å². The fraction of sp³-hybridized carbons (Fsp3) is 0.222. The molecule has 0 spiro atoms. The molecular formula is C27H24N8O4S. The van der Waals surface area contributed by atoms with Gasteiger partial charge in [0, 0.05) is 60.3 Å². The summed E-state index contributed by atoms with van der Waals surface area (Å²) in [4.78, 5) is 51.1. The predicted octanol–water partition coefficient (Wildman–Crippen LogP) is 4.16. The van der Waals surface area contributed by atoms with Crippen molar-refractivity contribution in [3.63, 3.8) is 0 Å². The zero-order valence-corrected chi connectivity index (χ0v) is 22.4. The highest BCUT2D eigenvalue weighted by Gasteiger charge is 2.27. The summed E-state index contributed by atoms with van der Waals surface area (Å²) in [6.07, 6.45) is 10.00. The van der Waals surface area contributed by atoms with Crippen molar-refractivity contribution < 1.29 is 14.7 Å². The minimum absolute atomic E-state index is 0.145. The van der Waals surface area contributed by atoms with Gasteiger partial charge in [0.05, 0.1) is 34.7 Å². The smallest absolute Gasteiger partial charge is 0.341 e. The van der Waals surface area contributed by atoms with Crippen LogP contribution in [0.3, 0.4) is 0 Å². The van der Waals surface area contributed by atoms with E-state index in [0.29, 0.717) is 39.7 Å². The lowest BCUT2D eigenvalue weighted by Gasteiger charge is -2.14. The number of fused-ring (bicyclic) bond motifs is 1. The van der Waals surface area contributed by atoms with Crippen LogP contribution in [0.25, 0.3) is 44.0 Å². The van der Waals surface area contributed by atoms with Gasteiger partial charge >= 0.3 is 12.0 Å². The molecule has 0 aromatic carbocycles. The Balaban J connectivity index is 1.51.